The Morgan fingerprint density at radius 1 is 1.56 bits per heavy atom. The van der Waals surface area contributed by atoms with Crippen LogP contribution in [-0.2, 0) is 4.79 Å². The number of carbonyl (C=O) groups is 1. The van der Waals surface area contributed by atoms with Gasteiger partial charge in [0.1, 0.15) is 5.75 Å². The summed E-state index contributed by atoms with van der Waals surface area (Å²) in [4.78, 5) is 13.4. The lowest BCUT2D eigenvalue weighted by Gasteiger charge is -2.18. The zero-order chi connectivity index (χ0) is 11.7. The average Bonchev–Trinajstić information content (AvgIpc) is 2.63. The van der Waals surface area contributed by atoms with Crippen molar-refractivity contribution in [2.45, 2.75) is 6.42 Å². The summed E-state index contributed by atoms with van der Waals surface area (Å²) in [5, 5.41) is 10.7. The van der Waals surface area contributed by atoms with Gasteiger partial charge < -0.3 is 10.0 Å². The van der Waals surface area contributed by atoms with E-state index in [9.17, 15) is 9.90 Å². The van der Waals surface area contributed by atoms with Crippen LogP contribution in [0.3, 0.4) is 0 Å². The van der Waals surface area contributed by atoms with Crippen LogP contribution in [0.5, 0.6) is 5.75 Å². The first kappa shape index (κ1) is 11.7. The maximum Gasteiger partial charge on any atom is 0.227 e. The number of nitrogens with zero attached hydrogens (tertiary/aromatic N) is 1. The summed E-state index contributed by atoms with van der Waals surface area (Å²) in [6.45, 7) is 0.646. The lowest BCUT2D eigenvalue weighted by atomic mass is 10.2. The van der Waals surface area contributed by atoms with Crippen LogP contribution < -0.4 is 4.90 Å². The second-order valence-corrected chi connectivity index (χ2v) is 4.92. The number of phenols is 1. The Kier molecular flexibility index (Phi) is 3.40. The molecule has 1 aliphatic heterocycles. The SMILES string of the molecule is O=C1CC(CBr)CN1c1cc(O)ccc1Cl. The number of hydrogen-bond donors (Lipinski definition) is 1. The van der Waals surface area contributed by atoms with Crippen molar-refractivity contribution < 1.29 is 9.90 Å². The quantitative estimate of drug-likeness (QED) is 0.854. The van der Waals surface area contributed by atoms with Gasteiger partial charge >= 0.3 is 0 Å². The molecule has 1 aliphatic rings. The number of rotatable bonds is 2. The van der Waals surface area contributed by atoms with Gasteiger partial charge in [-0.25, -0.2) is 0 Å². The van der Waals surface area contributed by atoms with Crippen molar-refractivity contribution in [1.82, 2.24) is 0 Å². The Bertz CT molecular complexity index is 424. The Balaban J connectivity index is 2.30. The molecule has 2 rings (SSSR count). The molecule has 1 amide bonds. The van der Waals surface area contributed by atoms with E-state index in [-0.39, 0.29) is 11.7 Å². The summed E-state index contributed by atoms with van der Waals surface area (Å²) in [5.74, 6) is 0.484. The first-order valence-electron chi connectivity index (χ1n) is 4.96. The largest absolute Gasteiger partial charge is 0.508 e. The third-order valence-corrected chi connectivity index (χ3v) is 3.88. The molecular formula is C11H11BrClNO2. The number of aromatic hydroxyl groups is 1. The topological polar surface area (TPSA) is 40.5 Å². The summed E-state index contributed by atoms with van der Waals surface area (Å²) in [6.07, 6.45) is 0.525. The molecule has 0 radical (unpaired) electrons. The lowest BCUT2D eigenvalue weighted by Crippen LogP contribution is -2.24. The number of halogens is 2. The lowest BCUT2D eigenvalue weighted by molar-refractivity contribution is -0.117. The van der Waals surface area contributed by atoms with Crippen molar-refractivity contribution in [2.24, 2.45) is 5.92 Å². The minimum absolute atomic E-state index is 0.0527. The standard InChI is InChI=1S/C11H11BrClNO2/c12-5-7-3-11(16)14(6-7)10-4-8(15)1-2-9(10)13/h1-2,4,7,15H,3,5-6H2. The van der Waals surface area contributed by atoms with E-state index in [0.29, 0.717) is 29.6 Å². The number of benzene rings is 1. The summed E-state index contributed by atoms with van der Waals surface area (Å²) >= 11 is 9.39. The minimum atomic E-state index is 0.0527. The van der Waals surface area contributed by atoms with Crippen LogP contribution in [0.4, 0.5) is 5.69 Å². The van der Waals surface area contributed by atoms with Crippen LogP contribution in [-0.4, -0.2) is 22.9 Å². The smallest absolute Gasteiger partial charge is 0.227 e. The fraction of sp³-hybridized carbons (Fsp3) is 0.364. The Hall–Kier alpha value is -0.740. The molecule has 1 unspecified atom stereocenters. The van der Waals surface area contributed by atoms with Crippen molar-refractivity contribution in [3.8, 4) is 5.75 Å². The molecule has 0 spiro atoms. The number of alkyl halides is 1. The zero-order valence-corrected chi connectivity index (χ0v) is 10.8. The van der Waals surface area contributed by atoms with Crippen molar-refractivity contribution in [2.75, 3.05) is 16.8 Å². The van der Waals surface area contributed by atoms with Gasteiger partial charge in [0.2, 0.25) is 5.91 Å². The third kappa shape index (κ3) is 2.18. The molecular weight excluding hydrogens is 293 g/mol. The van der Waals surface area contributed by atoms with E-state index in [2.05, 4.69) is 15.9 Å². The number of hydrogen-bond acceptors (Lipinski definition) is 2. The summed E-state index contributed by atoms with van der Waals surface area (Å²) in [6, 6.07) is 4.63. The minimum Gasteiger partial charge on any atom is -0.508 e. The number of phenolic OH excluding ortho intramolecular Hbond substituents is 1. The van der Waals surface area contributed by atoms with Gasteiger partial charge in [-0.05, 0) is 18.1 Å². The highest BCUT2D eigenvalue weighted by molar-refractivity contribution is 9.09. The molecule has 1 aromatic carbocycles. The van der Waals surface area contributed by atoms with E-state index in [4.69, 9.17) is 11.6 Å². The molecule has 1 fully saturated rings. The molecule has 86 valence electrons. The first-order valence-corrected chi connectivity index (χ1v) is 6.46. The summed E-state index contributed by atoms with van der Waals surface area (Å²) in [5.41, 5.74) is 0.593. The van der Waals surface area contributed by atoms with E-state index >= 15 is 0 Å². The molecule has 3 nitrogen and oxygen atoms in total. The fourth-order valence-corrected chi connectivity index (χ4v) is 2.48. The molecule has 1 atom stereocenters. The van der Waals surface area contributed by atoms with Gasteiger partial charge in [-0.15, -0.1) is 0 Å². The maximum absolute atomic E-state index is 11.8. The number of amides is 1. The van der Waals surface area contributed by atoms with Gasteiger partial charge in [0, 0.05) is 24.4 Å². The van der Waals surface area contributed by atoms with Crippen molar-refractivity contribution >= 4 is 39.1 Å². The summed E-state index contributed by atoms with van der Waals surface area (Å²) in [7, 11) is 0. The highest BCUT2D eigenvalue weighted by Crippen LogP contribution is 2.34. The fourth-order valence-electron chi connectivity index (χ4n) is 1.83. The molecule has 1 heterocycles. The average molecular weight is 305 g/mol. The highest BCUT2D eigenvalue weighted by Gasteiger charge is 2.30. The van der Waals surface area contributed by atoms with Crippen LogP contribution in [0, 0.1) is 5.92 Å². The Labute approximate surface area is 107 Å². The van der Waals surface area contributed by atoms with E-state index in [1.165, 1.54) is 12.1 Å². The van der Waals surface area contributed by atoms with E-state index in [0.717, 1.165) is 5.33 Å². The highest BCUT2D eigenvalue weighted by atomic mass is 79.9. The molecule has 5 heteroatoms. The molecule has 0 saturated carbocycles. The van der Waals surface area contributed by atoms with Crippen LogP contribution in [0.25, 0.3) is 0 Å². The normalized spacial score (nSPS) is 20.5. The van der Waals surface area contributed by atoms with Gasteiger partial charge in [0.05, 0.1) is 10.7 Å². The molecule has 0 aliphatic carbocycles. The number of anilines is 1. The second-order valence-electron chi connectivity index (χ2n) is 3.86. The van der Waals surface area contributed by atoms with Crippen LogP contribution in [0.2, 0.25) is 5.02 Å². The molecule has 1 N–H and O–H groups in total. The van der Waals surface area contributed by atoms with Gasteiger partial charge in [0.25, 0.3) is 0 Å². The van der Waals surface area contributed by atoms with Crippen molar-refractivity contribution in [1.29, 1.82) is 0 Å². The molecule has 0 bridgehead atoms. The predicted molar refractivity (Wildman–Crippen MR) is 67.4 cm³/mol. The van der Waals surface area contributed by atoms with E-state index in [1.807, 2.05) is 0 Å². The summed E-state index contributed by atoms with van der Waals surface area (Å²) < 4.78 is 0. The van der Waals surface area contributed by atoms with Gasteiger partial charge in [0.15, 0.2) is 0 Å². The molecule has 16 heavy (non-hydrogen) atoms. The Morgan fingerprint density at radius 2 is 2.31 bits per heavy atom. The molecule has 0 aromatic heterocycles. The van der Waals surface area contributed by atoms with Gasteiger partial charge in [-0.2, -0.15) is 0 Å². The van der Waals surface area contributed by atoms with Crippen molar-refractivity contribution in [3.05, 3.63) is 23.2 Å². The molecule has 1 saturated heterocycles. The Morgan fingerprint density at radius 3 is 2.94 bits per heavy atom. The first-order chi connectivity index (χ1) is 7.61. The monoisotopic (exact) mass is 303 g/mol. The predicted octanol–water partition coefficient (Wildman–Crippen LogP) is 2.79. The third-order valence-electron chi connectivity index (χ3n) is 2.64. The second kappa shape index (κ2) is 4.63. The number of carbonyl (C=O) groups excluding carboxylic acids is 1. The van der Waals surface area contributed by atoms with Crippen LogP contribution in [0.1, 0.15) is 6.42 Å². The van der Waals surface area contributed by atoms with Crippen molar-refractivity contribution in [3.63, 3.8) is 0 Å². The van der Waals surface area contributed by atoms with E-state index in [1.54, 1.807) is 11.0 Å². The molecule has 1 aromatic rings. The zero-order valence-electron chi connectivity index (χ0n) is 8.49. The van der Waals surface area contributed by atoms with Crippen LogP contribution in [0.15, 0.2) is 18.2 Å². The van der Waals surface area contributed by atoms with Gasteiger partial charge in [-0.3, -0.25) is 4.79 Å². The van der Waals surface area contributed by atoms with E-state index < -0.39 is 0 Å². The van der Waals surface area contributed by atoms with Gasteiger partial charge in [-0.1, -0.05) is 27.5 Å². The maximum atomic E-state index is 11.8. The van der Waals surface area contributed by atoms with Crippen LogP contribution >= 0.6 is 27.5 Å².